The van der Waals surface area contributed by atoms with E-state index in [4.69, 9.17) is 5.11 Å². The molecule has 1 aromatic rings. The fraction of sp³-hybridized carbons (Fsp3) is 0.250. The maximum atomic E-state index is 10.0. The number of hydrogen-bond acceptors (Lipinski definition) is 5. The lowest BCUT2D eigenvalue weighted by Crippen LogP contribution is -1.96. The zero-order chi connectivity index (χ0) is 7.40. The molecule has 0 amide bonds. The number of aromatic nitrogens is 2. The molecule has 0 bridgehead atoms. The molecule has 0 aliphatic heterocycles. The highest BCUT2D eigenvalue weighted by Gasteiger charge is 2.00. The van der Waals surface area contributed by atoms with Crippen molar-refractivity contribution >= 4 is 29.3 Å². The highest BCUT2D eigenvalue weighted by Crippen LogP contribution is 2.17. The zero-order valence-corrected chi connectivity index (χ0v) is 6.48. The molecule has 1 heterocycles. The predicted octanol–water partition coefficient (Wildman–Crippen LogP) is 0.715. The number of rotatable bonds is 3. The first-order valence-electron chi connectivity index (χ1n) is 2.40. The molecule has 1 rings (SSSR count). The third kappa shape index (κ3) is 2.32. The van der Waals surface area contributed by atoms with Crippen molar-refractivity contribution in [1.82, 2.24) is 9.36 Å². The van der Waals surface area contributed by atoms with Gasteiger partial charge in [0, 0.05) is 0 Å². The average molecular weight is 176 g/mol. The molecule has 1 N–H and O–H groups in total. The van der Waals surface area contributed by atoms with Gasteiger partial charge in [0.1, 0.15) is 6.33 Å². The second kappa shape index (κ2) is 3.52. The summed E-state index contributed by atoms with van der Waals surface area (Å²) in [5, 5.41) is 8.25. The van der Waals surface area contributed by atoms with Crippen LogP contribution in [0.4, 0.5) is 0 Å². The van der Waals surface area contributed by atoms with Crippen LogP contribution in [0.25, 0.3) is 0 Å². The molecule has 6 heteroatoms. The molecule has 54 valence electrons. The van der Waals surface area contributed by atoms with Gasteiger partial charge in [-0.05, 0) is 11.5 Å². The van der Waals surface area contributed by atoms with Gasteiger partial charge < -0.3 is 5.11 Å². The first-order chi connectivity index (χ1) is 4.79. The molecule has 0 unspecified atom stereocenters. The highest BCUT2D eigenvalue weighted by atomic mass is 32.2. The van der Waals surface area contributed by atoms with Gasteiger partial charge in [0.15, 0.2) is 4.34 Å². The van der Waals surface area contributed by atoms with Gasteiger partial charge in [0.05, 0.1) is 5.75 Å². The summed E-state index contributed by atoms with van der Waals surface area (Å²) in [6.07, 6.45) is 1.41. The molecule has 0 aromatic carbocycles. The summed E-state index contributed by atoms with van der Waals surface area (Å²) in [5.74, 6) is -0.782. The van der Waals surface area contributed by atoms with Crippen molar-refractivity contribution in [2.75, 3.05) is 5.75 Å². The highest BCUT2D eigenvalue weighted by molar-refractivity contribution is 8.01. The molecular weight excluding hydrogens is 172 g/mol. The number of carboxylic acids is 1. The van der Waals surface area contributed by atoms with Crippen LogP contribution in [0.2, 0.25) is 0 Å². The van der Waals surface area contributed by atoms with E-state index in [1.807, 2.05) is 0 Å². The summed E-state index contributed by atoms with van der Waals surface area (Å²) < 4.78 is 4.41. The van der Waals surface area contributed by atoms with E-state index < -0.39 is 5.97 Å². The second-order valence-corrected chi connectivity index (χ2v) is 3.39. The maximum Gasteiger partial charge on any atom is 0.313 e. The van der Waals surface area contributed by atoms with Gasteiger partial charge in [-0.2, -0.15) is 4.37 Å². The molecule has 0 saturated carbocycles. The molecule has 0 aliphatic rings. The van der Waals surface area contributed by atoms with Crippen LogP contribution in [0.15, 0.2) is 10.7 Å². The maximum absolute atomic E-state index is 10.0. The van der Waals surface area contributed by atoms with E-state index in [0.29, 0.717) is 4.34 Å². The number of nitrogens with zero attached hydrogens (tertiary/aromatic N) is 2. The lowest BCUT2D eigenvalue weighted by molar-refractivity contribution is -0.133. The molecular formula is C4H4N2O2S2. The Bertz CT molecular complexity index is 211. The molecule has 1 aromatic heterocycles. The normalized spacial score (nSPS) is 9.60. The van der Waals surface area contributed by atoms with E-state index in [1.54, 1.807) is 0 Å². The van der Waals surface area contributed by atoms with Gasteiger partial charge >= 0.3 is 5.97 Å². The molecule has 0 aliphatic carbocycles. The summed E-state index contributed by atoms with van der Waals surface area (Å²) in [4.78, 5) is 13.8. The van der Waals surface area contributed by atoms with E-state index in [-0.39, 0.29) is 5.75 Å². The van der Waals surface area contributed by atoms with E-state index in [2.05, 4.69) is 9.36 Å². The Balaban J connectivity index is 2.35. The zero-order valence-electron chi connectivity index (χ0n) is 4.85. The van der Waals surface area contributed by atoms with E-state index >= 15 is 0 Å². The number of hydrogen-bond donors (Lipinski definition) is 1. The fourth-order valence-electron chi connectivity index (χ4n) is 0.350. The van der Waals surface area contributed by atoms with Crippen molar-refractivity contribution in [3.8, 4) is 0 Å². The minimum atomic E-state index is -0.833. The lowest BCUT2D eigenvalue weighted by Gasteiger charge is -1.87. The van der Waals surface area contributed by atoms with Crippen molar-refractivity contribution in [1.29, 1.82) is 0 Å². The van der Waals surface area contributed by atoms with Crippen LogP contribution in [-0.2, 0) is 4.79 Å². The summed E-state index contributed by atoms with van der Waals surface area (Å²) in [6, 6.07) is 0. The fourth-order valence-corrected chi connectivity index (χ4v) is 1.51. The molecule has 0 atom stereocenters. The van der Waals surface area contributed by atoms with Crippen LogP contribution in [-0.4, -0.2) is 26.2 Å². The van der Waals surface area contributed by atoms with Crippen LogP contribution in [0.5, 0.6) is 0 Å². The van der Waals surface area contributed by atoms with E-state index in [1.165, 1.54) is 29.6 Å². The van der Waals surface area contributed by atoms with Crippen LogP contribution >= 0.6 is 23.3 Å². The van der Waals surface area contributed by atoms with Gasteiger partial charge in [0.2, 0.25) is 0 Å². The smallest absolute Gasteiger partial charge is 0.313 e. The average Bonchev–Trinajstić information content (AvgIpc) is 2.34. The minimum Gasteiger partial charge on any atom is -0.481 e. The third-order valence-electron chi connectivity index (χ3n) is 0.660. The topological polar surface area (TPSA) is 63.1 Å². The van der Waals surface area contributed by atoms with Crippen LogP contribution in [0, 0.1) is 0 Å². The molecule has 0 saturated heterocycles. The van der Waals surface area contributed by atoms with Crippen molar-refractivity contribution in [2.45, 2.75) is 4.34 Å². The predicted molar refractivity (Wildman–Crippen MR) is 38.3 cm³/mol. The number of carboxylic acid groups (broad SMARTS) is 1. The van der Waals surface area contributed by atoms with Crippen LogP contribution in [0.1, 0.15) is 0 Å². The summed E-state index contributed by atoms with van der Waals surface area (Å²) in [6.45, 7) is 0. The van der Waals surface area contributed by atoms with Gasteiger partial charge in [0.25, 0.3) is 0 Å². The van der Waals surface area contributed by atoms with Crippen molar-refractivity contribution < 1.29 is 9.90 Å². The summed E-state index contributed by atoms with van der Waals surface area (Å²) >= 11 is 2.38. The number of aliphatic carboxylic acids is 1. The van der Waals surface area contributed by atoms with Crippen LogP contribution in [0.3, 0.4) is 0 Å². The Hall–Kier alpha value is -0.620. The molecule has 4 nitrogen and oxygen atoms in total. The quantitative estimate of drug-likeness (QED) is 0.687. The Kier molecular flexibility index (Phi) is 2.64. The first kappa shape index (κ1) is 7.49. The molecule has 0 fully saturated rings. The monoisotopic (exact) mass is 176 g/mol. The van der Waals surface area contributed by atoms with Crippen molar-refractivity contribution in [2.24, 2.45) is 0 Å². The van der Waals surface area contributed by atoms with Gasteiger partial charge in [-0.15, -0.1) is 0 Å². The number of carbonyl (C=O) groups is 1. The number of thioether (sulfide) groups is 1. The first-order valence-corrected chi connectivity index (χ1v) is 4.16. The SMILES string of the molecule is O=C(O)CSc1ncns1. The Morgan fingerprint density at radius 3 is 3.20 bits per heavy atom. The van der Waals surface area contributed by atoms with Crippen LogP contribution < -0.4 is 0 Å². The van der Waals surface area contributed by atoms with Gasteiger partial charge in [-0.25, -0.2) is 4.98 Å². The van der Waals surface area contributed by atoms with Crippen molar-refractivity contribution in [3.05, 3.63) is 6.33 Å². The molecule has 0 spiro atoms. The van der Waals surface area contributed by atoms with E-state index in [0.717, 1.165) is 0 Å². The lowest BCUT2D eigenvalue weighted by atomic mass is 10.8. The van der Waals surface area contributed by atoms with Gasteiger partial charge in [-0.1, -0.05) is 11.8 Å². The Morgan fingerprint density at radius 1 is 1.90 bits per heavy atom. The summed E-state index contributed by atoms with van der Waals surface area (Å²) in [5.41, 5.74) is 0. The van der Waals surface area contributed by atoms with Crippen molar-refractivity contribution in [3.63, 3.8) is 0 Å². The Labute approximate surface area is 65.5 Å². The molecule has 10 heavy (non-hydrogen) atoms. The Morgan fingerprint density at radius 2 is 2.70 bits per heavy atom. The third-order valence-corrected chi connectivity index (χ3v) is 2.44. The second-order valence-electron chi connectivity index (χ2n) is 1.39. The summed E-state index contributed by atoms with van der Waals surface area (Å²) in [7, 11) is 0. The molecule has 0 radical (unpaired) electrons. The largest absolute Gasteiger partial charge is 0.481 e. The minimum absolute atomic E-state index is 0.0508. The van der Waals surface area contributed by atoms with E-state index in [9.17, 15) is 4.79 Å². The standard InChI is InChI=1S/C4H4N2O2S2/c7-3(8)1-9-4-5-2-6-10-4/h2H,1H2,(H,7,8). The van der Waals surface area contributed by atoms with Gasteiger partial charge in [-0.3, -0.25) is 4.79 Å².